The molecule has 0 radical (unpaired) electrons. The van der Waals surface area contributed by atoms with Crippen molar-refractivity contribution < 1.29 is 24.0 Å². The number of hydrogen-bond acceptors (Lipinski definition) is 6. The summed E-state index contributed by atoms with van der Waals surface area (Å²) in [5, 5.41) is 15.4. The molecule has 1 fully saturated rings. The van der Waals surface area contributed by atoms with Crippen molar-refractivity contribution in [1.29, 1.82) is 0 Å². The molecule has 0 spiro atoms. The standard InChI is InChI=1S/C22H17ClN2O5/c1-12-9-17(24-30-12)25-19(13-5-3-7-15(23)10-13)18(21(27)22(25)28)20(26)14-6-4-8-16(11-14)29-2/h3-11,19,26H,1-2H3. The van der Waals surface area contributed by atoms with Gasteiger partial charge in [-0.2, -0.15) is 0 Å². The maximum absolute atomic E-state index is 13.0. The van der Waals surface area contributed by atoms with Gasteiger partial charge in [-0.1, -0.05) is 41.0 Å². The zero-order valence-electron chi connectivity index (χ0n) is 16.1. The molecule has 1 aromatic heterocycles. The van der Waals surface area contributed by atoms with E-state index < -0.39 is 17.7 Å². The number of methoxy groups -OCH3 is 1. The number of aryl methyl sites for hydroxylation is 1. The Hall–Kier alpha value is -3.58. The molecule has 0 saturated carbocycles. The lowest BCUT2D eigenvalue weighted by Crippen LogP contribution is -2.29. The highest BCUT2D eigenvalue weighted by molar-refractivity contribution is 6.51. The van der Waals surface area contributed by atoms with Gasteiger partial charge in [0.2, 0.25) is 0 Å². The highest BCUT2D eigenvalue weighted by Gasteiger charge is 2.48. The van der Waals surface area contributed by atoms with E-state index in [1.807, 2.05) is 0 Å². The van der Waals surface area contributed by atoms with Crippen LogP contribution in [0, 0.1) is 6.92 Å². The second-order valence-corrected chi connectivity index (χ2v) is 7.19. The Kier molecular flexibility index (Phi) is 5.05. The van der Waals surface area contributed by atoms with Crippen LogP contribution in [0.25, 0.3) is 5.76 Å². The van der Waals surface area contributed by atoms with Crippen molar-refractivity contribution in [2.24, 2.45) is 0 Å². The molecule has 2 heterocycles. The van der Waals surface area contributed by atoms with Crippen LogP contribution in [0.1, 0.15) is 22.9 Å². The Morgan fingerprint density at radius 3 is 2.60 bits per heavy atom. The number of carbonyl (C=O) groups excluding carboxylic acids is 2. The van der Waals surface area contributed by atoms with Gasteiger partial charge in [-0.25, -0.2) is 0 Å². The van der Waals surface area contributed by atoms with Gasteiger partial charge in [-0.05, 0) is 36.8 Å². The molecular formula is C22H17ClN2O5. The molecule has 8 heteroatoms. The first-order valence-corrected chi connectivity index (χ1v) is 9.42. The minimum atomic E-state index is -0.931. The molecule has 1 atom stereocenters. The fourth-order valence-corrected chi connectivity index (χ4v) is 3.65. The molecule has 0 aliphatic carbocycles. The number of Topliss-reactive ketones (excluding diaryl/α,β-unsaturated/α-hetero) is 1. The van der Waals surface area contributed by atoms with E-state index in [1.165, 1.54) is 12.0 Å². The van der Waals surface area contributed by atoms with Crippen LogP contribution >= 0.6 is 11.6 Å². The van der Waals surface area contributed by atoms with Gasteiger partial charge in [0.1, 0.15) is 17.3 Å². The van der Waals surface area contributed by atoms with Gasteiger partial charge < -0.3 is 14.4 Å². The maximum atomic E-state index is 13.0. The Morgan fingerprint density at radius 1 is 1.17 bits per heavy atom. The number of aliphatic hydroxyl groups excluding tert-OH is 1. The number of aliphatic hydroxyl groups is 1. The molecule has 1 aliphatic rings. The Balaban J connectivity index is 1.95. The van der Waals surface area contributed by atoms with E-state index in [-0.39, 0.29) is 17.2 Å². The van der Waals surface area contributed by atoms with E-state index in [0.717, 1.165) is 0 Å². The normalized spacial score (nSPS) is 18.1. The van der Waals surface area contributed by atoms with Crippen molar-refractivity contribution >= 4 is 34.9 Å². The summed E-state index contributed by atoms with van der Waals surface area (Å²) in [6.07, 6.45) is 0. The topological polar surface area (TPSA) is 92.9 Å². The number of nitrogens with zero attached hydrogens (tertiary/aromatic N) is 2. The number of carbonyl (C=O) groups is 2. The van der Waals surface area contributed by atoms with Gasteiger partial charge in [-0.15, -0.1) is 0 Å². The highest BCUT2D eigenvalue weighted by Crippen LogP contribution is 2.42. The van der Waals surface area contributed by atoms with E-state index in [1.54, 1.807) is 61.5 Å². The zero-order valence-corrected chi connectivity index (χ0v) is 16.9. The molecule has 3 aromatic rings. The molecule has 7 nitrogen and oxygen atoms in total. The smallest absolute Gasteiger partial charge is 0.301 e. The Bertz CT molecular complexity index is 1180. The summed E-state index contributed by atoms with van der Waals surface area (Å²) in [5.74, 6) is -0.827. The largest absolute Gasteiger partial charge is 0.507 e. The molecule has 1 amide bonds. The van der Waals surface area contributed by atoms with Gasteiger partial charge in [0.05, 0.1) is 18.7 Å². The van der Waals surface area contributed by atoms with Crippen LogP contribution in [0.3, 0.4) is 0 Å². The van der Waals surface area contributed by atoms with Crippen LogP contribution in [0.4, 0.5) is 5.82 Å². The van der Waals surface area contributed by atoms with Crippen molar-refractivity contribution in [1.82, 2.24) is 5.16 Å². The van der Waals surface area contributed by atoms with Crippen molar-refractivity contribution in [3.63, 3.8) is 0 Å². The van der Waals surface area contributed by atoms with Crippen LogP contribution in [0.5, 0.6) is 5.75 Å². The quantitative estimate of drug-likeness (QED) is 0.382. The van der Waals surface area contributed by atoms with Crippen LogP contribution in [0.15, 0.2) is 64.7 Å². The summed E-state index contributed by atoms with van der Waals surface area (Å²) in [6.45, 7) is 1.68. The second kappa shape index (κ2) is 7.68. The third-order valence-electron chi connectivity index (χ3n) is 4.81. The average molecular weight is 425 g/mol. The maximum Gasteiger partial charge on any atom is 0.301 e. The predicted molar refractivity (Wildman–Crippen MR) is 110 cm³/mol. The van der Waals surface area contributed by atoms with Crippen LogP contribution in [0.2, 0.25) is 5.02 Å². The number of anilines is 1. The number of rotatable bonds is 4. The van der Waals surface area contributed by atoms with Gasteiger partial charge >= 0.3 is 5.91 Å². The number of ketones is 1. The van der Waals surface area contributed by atoms with E-state index in [9.17, 15) is 14.7 Å². The summed E-state index contributed by atoms with van der Waals surface area (Å²) in [5.41, 5.74) is 0.818. The van der Waals surface area contributed by atoms with E-state index >= 15 is 0 Å². The molecule has 0 bridgehead atoms. The van der Waals surface area contributed by atoms with Crippen molar-refractivity contribution in [3.05, 3.63) is 82.1 Å². The minimum Gasteiger partial charge on any atom is -0.507 e. The summed E-state index contributed by atoms with van der Waals surface area (Å²) in [4.78, 5) is 27.2. The van der Waals surface area contributed by atoms with Crippen molar-refractivity contribution in [3.8, 4) is 5.75 Å². The first-order chi connectivity index (χ1) is 14.4. The summed E-state index contributed by atoms with van der Waals surface area (Å²) < 4.78 is 10.3. The third kappa shape index (κ3) is 3.33. The molecule has 152 valence electrons. The number of aromatic nitrogens is 1. The monoisotopic (exact) mass is 424 g/mol. The Morgan fingerprint density at radius 2 is 1.93 bits per heavy atom. The molecule has 2 aromatic carbocycles. The fraction of sp³-hybridized carbons (Fsp3) is 0.136. The molecule has 1 N–H and O–H groups in total. The second-order valence-electron chi connectivity index (χ2n) is 6.75. The molecule has 30 heavy (non-hydrogen) atoms. The third-order valence-corrected chi connectivity index (χ3v) is 5.05. The molecule has 1 unspecified atom stereocenters. The Labute approximate surface area is 177 Å². The van der Waals surface area contributed by atoms with E-state index in [2.05, 4.69) is 5.16 Å². The number of amides is 1. The van der Waals surface area contributed by atoms with E-state index in [4.69, 9.17) is 20.9 Å². The van der Waals surface area contributed by atoms with Crippen molar-refractivity contribution in [2.45, 2.75) is 13.0 Å². The minimum absolute atomic E-state index is 0.0730. The molecule has 1 aliphatic heterocycles. The predicted octanol–water partition coefficient (Wildman–Crippen LogP) is 4.27. The van der Waals surface area contributed by atoms with Gasteiger partial charge in [0, 0.05) is 16.7 Å². The summed E-state index contributed by atoms with van der Waals surface area (Å²) >= 11 is 6.16. The molecule has 1 saturated heterocycles. The first kappa shape index (κ1) is 19.7. The highest BCUT2D eigenvalue weighted by atomic mass is 35.5. The molecular weight excluding hydrogens is 408 g/mol. The fourth-order valence-electron chi connectivity index (χ4n) is 3.45. The van der Waals surface area contributed by atoms with Gasteiger partial charge in [0.25, 0.3) is 5.78 Å². The van der Waals surface area contributed by atoms with Gasteiger partial charge in [0.15, 0.2) is 5.82 Å². The lowest BCUT2D eigenvalue weighted by molar-refractivity contribution is -0.132. The lowest BCUT2D eigenvalue weighted by atomic mass is 9.95. The zero-order chi connectivity index (χ0) is 21.4. The summed E-state index contributed by atoms with van der Waals surface area (Å²) in [7, 11) is 1.50. The number of hydrogen-bond donors (Lipinski definition) is 1. The summed E-state index contributed by atoms with van der Waals surface area (Å²) in [6, 6.07) is 14.0. The first-order valence-electron chi connectivity index (χ1n) is 9.05. The number of halogens is 1. The van der Waals surface area contributed by atoms with Crippen LogP contribution < -0.4 is 9.64 Å². The van der Waals surface area contributed by atoms with Crippen LogP contribution in [-0.2, 0) is 9.59 Å². The van der Waals surface area contributed by atoms with Crippen LogP contribution in [-0.4, -0.2) is 29.1 Å². The number of ether oxygens (including phenoxy) is 1. The average Bonchev–Trinajstić information content (AvgIpc) is 3.28. The van der Waals surface area contributed by atoms with Crippen molar-refractivity contribution in [2.75, 3.05) is 12.0 Å². The van der Waals surface area contributed by atoms with Gasteiger partial charge in [-0.3, -0.25) is 14.5 Å². The number of benzene rings is 2. The SMILES string of the molecule is COc1cccc(C(O)=C2C(=O)C(=O)N(c3cc(C)on3)C2c2cccc(Cl)c2)c1. The molecule has 4 rings (SSSR count). The van der Waals surface area contributed by atoms with E-state index in [0.29, 0.717) is 27.7 Å². The lowest BCUT2D eigenvalue weighted by Gasteiger charge is -2.23.